The second kappa shape index (κ2) is 13.0. The fraction of sp³-hybridized carbons (Fsp3) is 0.615. The van der Waals surface area contributed by atoms with Crippen LogP contribution in [0.3, 0.4) is 0 Å². The zero-order valence-electron chi connectivity index (χ0n) is 18.8. The Kier molecular flexibility index (Phi) is 10.7. The normalized spacial score (nSPS) is 13.4. The summed E-state index contributed by atoms with van der Waals surface area (Å²) in [6.45, 7) is 10.5. The lowest BCUT2D eigenvalue weighted by molar-refractivity contribution is 0.233. The van der Waals surface area contributed by atoms with Gasteiger partial charge < -0.3 is 9.47 Å². The number of ether oxygens (including phenoxy) is 2. The Bertz CT molecular complexity index is 728. The molecule has 0 aliphatic rings. The highest BCUT2D eigenvalue weighted by Gasteiger charge is 2.11. The highest BCUT2D eigenvalue weighted by atomic mass is 35.5. The van der Waals surface area contributed by atoms with Gasteiger partial charge in [-0.05, 0) is 59.7 Å². The van der Waals surface area contributed by atoms with Crippen molar-refractivity contribution in [1.29, 1.82) is 0 Å². The van der Waals surface area contributed by atoms with Crippen LogP contribution >= 0.6 is 11.6 Å². The minimum absolute atomic E-state index is 0.594. The predicted molar refractivity (Wildman–Crippen MR) is 127 cm³/mol. The smallest absolute Gasteiger partial charge is 0.138 e. The van der Waals surface area contributed by atoms with Gasteiger partial charge in [-0.25, -0.2) is 0 Å². The van der Waals surface area contributed by atoms with Gasteiger partial charge in [-0.3, -0.25) is 0 Å². The number of hydrogen-bond acceptors (Lipinski definition) is 2. The molecule has 0 saturated carbocycles. The maximum absolute atomic E-state index is 6.53. The Balaban J connectivity index is 2.02. The summed E-state index contributed by atoms with van der Waals surface area (Å²) in [6.07, 6.45) is 9.77. The third-order valence-electron chi connectivity index (χ3n) is 5.91. The van der Waals surface area contributed by atoms with Gasteiger partial charge in [0.25, 0.3) is 0 Å². The number of halogens is 1. The van der Waals surface area contributed by atoms with E-state index in [-0.39, 0.29) is 0 Å². The molecule has 29 heavy (non-hydrogen) atoms. The molecule has 0 fully saturated rings. The zero-order valence-corrected chi connectivity index (χ0v) is 19.6. The van der Waals surface area contributed by atoms with Gasteiger partial charge in [0.1, 0.15) is 11.5 Å². The minimum atomic E-state index is 0.594. The van der Waals surface area contributed by atoms with Crippen LogP contribution in [-0.2, 0) is 0 Å². The monoisotopic (exact) mass is 418 g/mol. The van der Waals surface area contributed by atoms with Gasteiger partial charge in [-0.2, -0.15) is 0 Å². The highest BCUT2D eigenvalue weighted by Crippen LogP contribution is 2.33. The molecule has 0 aliphatic carbocycles. The molecule has 0 amide bonds. The van der Waals surface area contributed by atoms with Crippen molar-refractivity contribution in [2.24, 2.45) is 11.8 Å². The number of hydrogen-bond donors (Lipinski definition) is 0. The molecule has 0 heterocycles. The summed E-state index contributed by atoms with van der Waals surface area (Å²) in [7, 11) is 0. The minimum Gasteiger partial charge on any atom is -0.493 e. The molecule has 2 aromatic rings. The Labute approximate surface area is 182 Å². The van der Waals surface area contributed by atoms with Crippen molar-refractivity contribution >= 4 is 22.4 Å². The van der Waals surface area contributed by atoms with Crippen molar-refractivity contribution in [2.45, 2.75) is 79.1 Å². The number of fused-ring (bicyclic) bond motifs is 1. The molecule has 2 nitrogen and oxygen atoms in total. The van der Waals surface area contributed by atoms with E-state index in [4.69, 9.17) is 21.1 Å². The van der Waals surface area contributed by atoms with Crippen LogP contribution in [0.2, 0.25) is 5.02 Å². The van der Waals surface area contributed by atoms with Crippen molar-refractivity contribution in [3.63, 3.8) is 0 Å². The molecule has 0 saturated heterocycles. The van der Waals surface area contributed by atoms with Crippen LogP contribution in [0.5, 0.6) is 11.5 Å². The third kappa shape index (κ3) is 7.74. The van der Waals surface area contributed by atoms with Crippen LogP contribution in [-0.4, -0.2) is 13.2 Å². The lowest BCUT2D eigenvalue weighted by Crippen LogP contribution is -2.11. The van der Waals surface area contributed by atoms with E-state index in [0.717, 1.165) is 48.3 Å². The molecular formula is C26H39ClO2. The van der Waals surface area contributed by atoms with Gasteiger partial charge in [0.15, 0.2) is 0 Å². The fourth-order valence-corrected chi connectivity index (χ4v) is 3.87. The van der Waals surface area contributed by atoms with Crippen molar-refractivity contribution in [3.8, 4) is 11.5 Å². The summed E-state index contributed by atoms with van der Waals surface area (Å²) in [6, 6.07) is 10.3. The summed E-state index contributed by atoms with van der Waals surface area (Å²) in [5.74, 6) is 2.93. The predicted octanol–water partition coefficient (Wildman–Crippen LogP) is 8.68. The zero-order chi connectivity index (χ0) is 21.1. The van der Waals surface area contributed by atoms with E-state index >= 15 is 0 Å². The van der Waals surface area contributed by atoms with E-state index < -0.39 is 0 Å². The first-order valence-corrected chi connectivity index (χ1v) is 12.0. The maximum atomic E-state index is 6.53. The van der Waals surface area contributed by atoms with Gasteiger partial charge in [0, 0.05) is 0 Å². The summed E-state index contributed by atoms with van der Waals surface area (Å²) >= 11 is 6.53. The van der Waals surface area contributed by atoms with Crippen molar-refractivity contribution in [2.75, 3.05) is 13.2 Å². The molecule has 2 aromatic carbocycles. The topological polar surface area (TPSA) is 18.5 Å². The molecular weight excluding hydrogens is 380 g/mol. The second-order valence-corrected chi connectivity index (χ2v) is 8.65. The van der Waals surface area contributed by atoms with E-state index in [1.165, 1.54) is 38.5 Å². The molecule has 0 N–H and O–H groups in total. The van der Waals surface area contributed by atoms with Crippen LogP contribution in [0.1, 0.15) is 79.1 Å². The van der Waals surface area contributed by atoms with Crippen molar-refractivity contribution < 1.29 is 9.47 Å². The van der Waals surface area contributed by atoms with Crippen molar-refractivity contribution in [3.05, 3.63) is 35.4 Å². The number of unbranched alkanes of at least 4 members (excludes halogenated alkanes) is 2. The average Bonchev–Trinajstić information content (AvgIpc) is 2.74. The molecule has 0 aromatic heterocycles. The summed E-state index contributed by atoms with van der Waals surface area (Å²) in [5, 5.41) is 2.91. The molecule has 2 rings (SSSR count). The van der Waals surface area contributed by atoms with Crippen LogP contribution < -0.4 is 9.47 Å². The molecule has 162 valence electrons. The van der Waals surface area contributed by atoms with Crippen LogP contribution in [0, 0.1) is 11.8 Å². The quantitative estimate of drug-likeness (QED) is 0.305. The van der Waals surface area contributed by atoms with E-state index in [9.17, 15) is 0 Å². The van der Waals surface area contributed by atoms with Crippen LogP contribution in [0.15, 0.2) is 30.3 Å². The van der Waals surface area contributed by atoms with E-state index in [2.05, 4.69) is 52.0 Å². The molecule has 0 spiro atoms. The van der Waals surface area contributed by atoms with Gasteiger partial charge in [-0.1, -0.05) is 83.9 Å². The lowest BCUT2D eigenvalue weighted by Gasteiger charge is -2.17. The van der Waals surface area contributed by atoms with Crippen LogP contribution in [0.25, 0.3) is 10.8 Å². The van der Waals surface area contributed by atoms with E-state index in [0.29, 0.717) is 16.9 Å². The Hall–Kier alpha value is -1.41. The Morgan fingerprint density at radius 2 is 1.38 bits per heavy atom. The molecule has 0 bridgehead atoms. The van der Waals surface area contributed by atoms with Crippen LogP contribution in [0.4, 0.5) is 0 Å². The Morgan fingerprint density at radius 1 is 0.759 bits per heavy atom. The van der Waals surface area contributed by atoms with E-state index in [1.54, 1.807) is 0 Å². The number of benzene rings is 2. The molecule has 2 unspecified atom stereocenters. The van der Waals surface area contributed by atoms with Crippen molar-refractivity contribution in [1.82, 2.24) is 0 Å². The van der Waals surface area contributed by atoms with Gasteiger partial charge in [0.05, 0.1) is 18.2 Å². The lowest BCUT2D eigenvalue weighted by atomic mass is 10.0. The number of rotatable bonds is 14. The molecule has 0 radical (unpaired) electrons. The van der Waals surface area contributed by atoms with Gasteiger partial charge in [0.2, 0.25) is 0 Å². The Morgan fingerprint density at radius 3 is 1.97 bits per heavy atom. The van der Waals surface area contributed by atoms with Gasteiger partial charge >= 0.3 is 0 Å². The van der Waals surface area contributed by atoms with E-state index in [1.807, 2.05) is 6.07 Å². The fourth-order valence-electron chi connectivity index (χ4n) is 3.65. The molecule has 0 aliphatic heterocycles. The summed E-state index contributed by atoms with van der Waals surface area (Å²) in [5.41, 5.74) is 0. The van der Waals surface area contributed by atoms with Gasteiger partial charge in [-0.15, -0.1) is 0 Å². The second-order valence-electron chi connectivity index (χ2n) is 8.25. The first-order chi connectivity index (χ1) is 14.1. The summed E-state index contributed by atoms with van der Waals surface area (Å²) < 4.78 is 12.2. The molecule has 2 atom stereocenters. The third-order valence-corrected chi connectivity index (χ3v) is 6.20. The highest BCUT2D eigenvalue weighted by molar-refractivity contribution is 6.32. The maximum Gasteiger partial charge on any atom is 0.138 e. The average molecular weight is 419 g/mol. The first-order valence-electron chi connectivity index (χ1n) is 11.6. The molecule has 3 heteroatoms. The first kappa shape index (κ1) is 23.9. The largest absolute Gasteiger partial charge is 0.493 e. The SMILES string of the molecule is CCCCC(CC)COc1ccc2cc(OCC(CC)CCCC)c(Cl)cc2c1. The summed E-state index contributed by atoms with van der Waals surface area (Å²) in [4.78, 5) is 0. The standard InChI is InChI=1S/C26H39ClO2/c1-5-9-11-20(7-3)18-28-24-14-13-22-17-26(25(27)16-23(22)15-24)29-19-21(8-4)12-10-6-2/h13-17,20-21H,5-12,18-19H2,1-4H3.